The number of nitrogens with zero attached hydrogens (tertiary/aromatic N) is 4. The molecule has 0 unspecified atom stereocenters. The van der Waals surface area contributed by atoms with E-state index < -0.39 is 11.7 Å². The van der Waals surface area contributed by atoms with Gasteiger partial charge in [0.2, 0.25) is 0 Å². The van der Waals surface area contributed by atoms with E-state index in [0.717, 1.165) is 37.2 Å². The van der Waals surface area contributed by atoms with Crippen LogP contribution in [0.1, 0.15) is 41.2 Å². The maximum atomic E-state index is 12.1. The minimum absolute atomic E-state index is 0. The summed E-state index contributed by atoms with van der Waals surface area (Å²) in [5.74, 6) is -0.614. The monoisotopic (exact) mass is 456 g/mol. The van der Waals surface area contributed by atoms with Gasteiger partial charge in [0.1, 0.15) is 0 Å². The smallest absolute Gasteiger partial charge is 0.305 e. The van der Waals surface area contributed by atoms with E-state index in [0.29, 0.717) is 12.1 Å². The van der Waals surface area contributed by atoms with Crippen molar-refractivity contribution in [3.8, 4) is 0 Å². The molecule has 1 aromatic carbocycles. The second-order valence-corrected chi connectivity index (χ2v) is 7.30. The zero-order valence-electron chi connectivity index (χ0n) is 17.1. The van der Waals surface area contributed by atoms with Gasteiger partial charge in [-0.25, -0.2) is 0 Å². The van der Waals surface area contributed by atoms with E-state index in [2.05, 4.69) is 46.8 Å². The van der Waals surface area contributed by atoms with Gasteiger partial charge in [-0.3, -0.25) is 14.3 Å². The van der Waals surface area contributed by atoms with Crippen LogP contribution >= 0.6 is 0 Å². The predicted octanol–water partition coefficient (Wildman–Crippen LogP) is 4.00. The summed E-state index contributed by atoms with van der Waals surface area (Å²) in [6.45, 7) is 1.28. The van der Waals surface area contributed by atoms with Crippen LogP contribution in [0.5, 0.6) is 0 Å². The van der Waals surface area contributed by atoms with Gasteiger partial charge >= 0.3 is 17.1 Å². The number of Topliss-reactive ketones (excluding diaryl/α,β-unsaturated/α-hetero) is 1. The Kier molecular flexibility index (Phi) is 7.93. The Hall–Kier alpha value is -3.02. The first-order valence-electron chi connectivity index (χ1n) is 10.3. The number of aryl methyl sites for hydroxylation is 1. The summed E-state index contributed by atoms with van der Waals surface area (Å²) in [6.07, 6.45) is 21.3. The van der Waals surface area contributed by atoms with Crippen LogP contribution in [0.2, 0.25) is 0 Å². The average Bonchev–Trinajstić information content (AvgIpc) is 3.57. The zero-order valence-corrected chi connectivity index (χ0v) is 18.2. The summed E-state index contributed by atoms with van der Waals surface area (Å²) in [6, 6.07) is 7.16. The Bertz CT molecular complexity index is 1030. The quantitative estimate of drug-likeness (QED) is 0.375. The van der Waals surface area contributed by atoms with Gasteiger partial charge < -0.3 is 4.90 Å². The molecule has 1 amide bonds. The number of allylic oxidation sites excluding steroid dienone is 8. The van der Waals surface area contributed by atoms with E-state index >= 15 is 0 Å². The van der Waals surface area contributed by atoms with Crippen molar-refractivity contribution in [1.29, 1.82) is 0 Å². The summed E-state index contributed by atoms with van der Waals surface area (Å²) in [7, 11) is 0. The molecule has 0 spiro atoms. The third-order valence-electron chi connectivity index (χ3n) is 5.20. The minimum Gasteiger partial charge on any atom is -0.305 e. The average molecular weight is 456 g/mol. The summed E-state index contributed by atoms with van der Waals surface area (Å²) in [5, 5.41) is 8.36. The fraction of sp³-hybridized carbons (Fsp3) is 0.250. The molecule has 0 N–H and O–H groups in total. The van der Waals surface area contributed by atoms with Crippen molar-refractivity contribution >= 4 is 17.4 Å². The number of hydrogen-bond acceptors (Lipinski definition) is 4. The van der Waals surface area contributed by atoms with E-state index in [9.17, 15) is 9.59 Å². The second kappa shape index (κ2) is 10.8. The van der Waals surface area contributed by atoms with Crippen LogP contribution in [-0.2, 0) is 28.4 Å². The van der Waals surface area contributed by atoms with E-state index in [1.807, 2.05) is 35.2 Å². The first-order valence-corrected chi connectivity index (χ1v) is 10.3. The van der Waals surface area contributed by atoms with Crippen LogP contribution in [0, 0.1) is 0 Å². The Labute approximate surface area is 192 Å². The van der Waals surface area contributed by atoms with E-state index in [1.165, 1.54) is 0 Å². The number of carbonyl (C=O) groups excluding carboxylic acids is 2. The molecule has 0 saturated heterocycles. The summed E-state index contributed by atoms with van der Waals surface area (Å²) >= 11 is 0. The summed E-state index contributed by atoms with van der Waals surface area (Å²) < 4.78 is 1.83. The zero-order chi connectivity index (χ0) is 20.8. The van der Waals surface area contributed by atoms with Gasteiger partial charge in [-0.2, -0.15) is 0 Å². The molecular weight excluding hydrogens is 432 g/mol. The van der Waals surface area contributed by atoms with E-state index in [4.69, 9.17) is 0 Å². The largest absolute Gasteiger partial charge is 2.00 e. The number of hydrogen-bond donors (Lipinski definition) is 0. The maximum Gasteiger partial charge on any atom is 2.00 e. The number of anilines is 1. The van der Waals surface area contributed by atoms with Crippen molar-refractivity contribution < 1.29 is 26.7 Å². The Morgan fingerprint density at radius 2 is 1.65 bits per heavy atom. The predicted molar refractivity (Wildman–Crippen MR) is 116 cm³/mol. The third-order valence-corrected chi connectivity index (χ3v) is 5.20. The number of aromatic nitrogens is 3. The molecule has 31 heavy (non-hydrogen) atoms. The van der Waals surface area contributed by atoms with Crippen molar-refractivity contribution in [3.05, 3.63) is 90.3 Å². The molecule has 158 valence electrons. The number of unbranched alkanes of at least 4 members (excludes halogenated alkanes) is 1. The van der Waals surface area contributed by atoms with Crippen LogP contribution in [0.3, 0.4) is 0 Å². The van der Waals surface area contributed by atoms with Gasteiger partial charge in [-0.15, -0.1) is 5.10 Å². The van der Waals surface area contributed by atoms with Crippen molar-refractivity contribution in [1.82, 2.24) is 15.0 Å². The topological polar surface area (TPSA) is 68.1 Å². The maximum absolute atomic E-state index is 12.1. The molecule has 1 aromatic heterocycles. The van der Waals surface area contributed by atoms with Crippen molar-refractivity contribution in [2.24, 2.45) is 0 Å². The molecule has 0 atom stereocenters. The number of amides is 1. The molecule has 5 rings (SSSR count). The SMILES string of the molecule is C1=CCC=C1.O=C1C(=O)N(CCCCn2cc(C3C=CC=C3)nn2)c2ccccc21.[Fe+2]. The van der Waals surface area contributed by atoms with E-state index in [-0.39, 0.29) is 23.0 Å². The van der Waals surface area contributed by atoms with Gasteiger partial charge in [-0.1, -0.05) is 66.0 Å². The van der Waals surface area contributed by atoms with Crippen LogP contribution in [0.15, 0.2) is 79.1 Å². The van der Waals surface area contributed by atoms with Crippen molar-refractivity contribution in [2.75, 3.05) is 11.4 Å². The molecule has 0 radical (unpaired) electrons. The first-order chi connectivity index (χ1) is 14.7. The second-order valence-electron chi connectivity index (χ2n) is 7.30. The third kappa shape index (κ3) is 5.37. The molecule has 3 aliphatic rings. The molecule has 0 bridgehead atoms. The molecular formula is C24H24FeN4O2+2. The van der Waals surface area contributed by atoms with Crippen molar-refractivity contribution in [2.45, 2.75) is 31.7 Å². The number of ketones is 1. The molecule has 2 aliphatic carbocycles. The molecule has 0 fully saturated rings. The normalized spacial score (nSPS) is 15.9. The Morgan fingerprint density at radius 3 is 2.35 bits per heavy atom. The summed E-state index contributed by atoms with van der Waals surface area (Å²) in [5.41, 5.74) is 2.17. The van der Waals surface area contributed by atoms with Gasteiger partial charge in [0.15, 0.2) is 0 Å². The number of carbonyl (C=O) groups is 2. The van der Waals surface area contributed by atoms with Gasteiger partial charge in [0, 0.05) is 25.2 Å². The van der Waals surface area contributed by atoms with Gasteiger partial charge in [0.05, 0.1) is 16.9 Å². The van der Waals surface area contributed by atoms with E-state index in [1.54, 1.807) is 17.0 Å². The fourth-order valence-corrected chi connectivity index (χ4v) is 3.61. The number of rotatable bonds is 6. The number of fused-ring (bicyclic) bond motifs is 1. The molecule has 6 nitrogen and oxygen atoms in total. The first kappa shape index (κ1) is 22.7. The molecule has 0 saturated carbocycles. The van der Waals surface area contributed by atoms with Crippen LogP contribution in [-0.4, -0.2) is 33.2 Å². The standard InChI is InChI=1S/C19H18N4O2.C5H6.Fe/c24-18-15-9-3-4-10-17(15)23(19(18)25)12-6-5-11-22-13-16(20-21-22)14-7-1-2-8-14;1-2-4-5-3-1;/h1-4,7-10,13-14H,5-6,11-12H2;1-4H,5H2;/q;;+2. The van der Waals surface area contributed by atoms with Gasteiger partial charge in [-0.05, 0) is 31.4 Å². The molecule has 2 heterocycles. The molecule has 7 heteroatoms. The Morgan fingerprint density at radius 1 is 0.935 bits per heavy atom. The van der Waals surface area contributed by atoms with Crippen LogP contribution < -0.4 is 4.90 Å². The fourth-order valence-electron chi connectivity index (χ4n) is 3.61. The number of para-hydroxylation sites is 1. The van der Waals surface area contributed by atoms with Crippen molar-refractivity contribution in [3.63, 3.8) is 0 Å². The van der Waals surface area contributed by atoms with Crippen LogP contribution in [0.4, 0.5) is 5.69 Å². The van der Waals surface area contributed by atoms with Gasteiger partial charge in [0.25, 0.3) is 11.7 Å². The number of benzene rings is 1. The minimum atomic E-state index is -0.427. The Balaban J connectivity index is 0.000000401. The summed E-state index contributed by atoms with van der Waals surface area (Å²) in [4.78, 5) is 25.7. The molecule has 1 aliphatic heterocycles. The molecule has 2 aromatic rings. The van der Waals surface area contributed by atoms with Crippen LogP contribution in [0.25, 0.3) is 0 Å².